The molecular formula is C11H10BrNO3. The lowest BCUT2D eigenvalue weighted by molar-refractivity contribution is -0.142. The maximum atomic E-state index is 11.3. The van der Waals surface area contributed by atoms with E-state index in [1.54, 1.807) is 13.0 Å². The van der Waals surface area contributed by atoms with Crippen molar-refractivity contribution in [3.8, 4) is 0 Å². The number of aromatic nitrogens is 1. The summed E-state index contributed by atoms with van der Waals surface area (Å²) in [6.45, 7) is 2.15. The quantitative estimate of drug-likeness (QED) is 0.813. The van der Waals surface area contributed by atoms with Crippen LogP contribution >= 0.6 is 15.9 Å². The number of esters is 1. The number of ether oxygens (including phenoxy) is 1. The van der Waals surface area contributed by atoms with Gasteiger partial charge in [0.1, 0.15) is 5.69 Å². The highest BCUT2D eigenvalue weighted by Crippen LogP contribution is 2.23. The van der Waals surface area contributed by atoms with Crippen LogP contribution in [0, 0.1) is 0 Å². The average Bonchev–Trinajstić information content (AvgIpc) is 2.61. The molecule has 0 unspecified atom stereocenters. The van der Waals surface area contributed by atoms with Gasteiger partial charge in [-0.15, -0.1) is 0 Å². The van der Waals surface area contributed by atoms with E-state index in [0.717, 1.165) is 9.86 Å². The summed E-state index contributed by atoms with van der Waals surface area (Å²) in [7, 11) is 0. The molecule has 0 spiro atoms. The first kappa shape index (κ1) is 11.1. The Morgan fingerprint density at radius 2 is 2.38 bits per heavy atom. The Morgan fingerprint density at radius 1 is 1.56 bits per heavy atom. The second kappa shape index (κ2) is 4.65. The summed E-state index contributed by atoms with van der Waals surface area (Å²) in [5, 5.41) is 4.70. The van der Waals surface area contributed by atoms with Crippen molar-refractivity contribution in [2.24, 2.45) is 0 Å². The van der Waals surface area contributed by atoms with E-state index < -0.39 is 0 Å². The van der Waals surface area contributed by atoms with Crippen molar-refractivity contribution in [1.29, 1.82) is 0 Å². The van der Waals surface area contributed by atoms with Crippen LogP contribution in [0.2, 0.25) is 0 Å². The van der Waals surface area contributed by atoms with E-state index in [2.05, 4.69) is 21.1 Å². The van der Waals surface area contributed by atoms with Crippen molar-refractivity contribution in [3.63, 3.8) is 0 Å². The maximum Gasteiger partial charge on any atom is 0.312 e. The van der Waals surface area contributed by atoms with Crippen LogP contribution in [-0.2, 0) is 16.0 Å². The third kappa shape index (κ3) is 2.24. The molecule has 2 aromatic rings. The minimum absolute atomic E-state index is 0.136. The molecule has 84 valence electrons. The van der Waals surface area contributed by atoms with Crippen molar-refractivity contribution >= 4 is 32.9 Å². The monoisotopic (exact) mass is 283 g/mol. The Labute approximate surface area is 101 Å². The number of benzene rings is 1. The van der Waals surface area contributed by atoms with Crippen LogP contribution in [0.3, 0.4) is 0 Å². The van der Waals surface area contributed by atoms with Crippen molar-refractivity contribution in [3.05, 3.63) is 28.4 Å². The van der Waals surface area contributed by atoms with Crippen molar-refractivity contribution in [1.82, 2.24) is 5.16 Å². The minimum Gasteiger partial charge on any atom is -0.466 e. The summed E-state index contributed by atoms with van der Waals surface area (Å²) in [4.78, 5) is 11.3. The van der Waals surface area contributed by atoms with Crippen LogP contribution in [-0.4, -0.2) is 17.7 Å². The fraction of sp³-hybridized carbons (Fsp3) is 0.273. The van der Waals surface area contributed by atoms with Crippen molar-refractivity contribution < 1.29 is 14.1 Å². The third-order valence-corrected chi connectivity index (χ3v) is 2.62. The van der Waals surface area contributed by atoms with Gasteiger partial charge in [-0.1, -0.05) is 21.1 Å². The molecule has 0 atom stereocenters. The van der Waals surface area contributed by atoms with E-state index in [1.807, 2.05) is 12.1 Å². The number of fused-ring (bicyclic) bond motifs is 1. The highest BCUT2D eigenvalue weighted by Gasteiger charge is 2.13. The van der Waals surface area contributed by atoms with E-state index in [-0.39, 0.29) is 12.4 Å². The molecule has 0 aliphatic rings. The number of halogens is 1. The van der Waals surface area contributed by atoms with Gasteiger partial charge < -0.3 is 9.26 Å². The molecule has 0 aliphatic carbocycles. The fourth-order valence-electron chi connectivity index (χ4n) is 1.44. The predicted molar refractivity (Wildman–Crippen MR) is 62.0 cm³/mol. The van der Waals surface area contributed by atoms with E-state index in [9.17, 15) is 4.79 Å². The molecule has 0 saturated heterocycles. The van der Waals surface area contributed by atoms with Gasteiger partial charge in [0.2, 0.25) is 0 Å². The summed E-state index contributed by atoms with van der Waals surface area (Å²) in [6.07, 6.45) is 0.136. The van der Waals surface area contributed by atoms with Gasteiger partial charge in [-0.2, -0.15) is 0 Å². The van der Waals surface area contributed by atoms with E-state index >= 15 is 0 Å². The van der Waals surface area contributed by atoms with Crippen LogP contribution < -0.4 is 0 Å². The lowest BCUT2D eigenvalue weighted by atomic mass is 10.2. The second-order valence-electron chi connectivity index (χ2n) is 3.25. The standard InChI is InChI=1S/C11H10BrNO3/c1-2-15-11(14)6-9-8-5-7(12)3-4-10(8)16-13-9/h3-5H,2,6H2,1H3. The smallest absolute Gasteiger partial charge is 0.312 e. The van der Waals surface area contributed by atoms with Gasteiger partial charge in [0.15, 0.2) is 5.58 Å². The Hall–Kier alpha value is -1.36. The molecule has 0 bridgehead atoms. The Kier molecular flexibility index (Phi) is 3.24. The van der Waals surface area contributed by atoms with E-state index in [0.29, 0.717) is 17.9 Å². The summed E-state index contributed by atoms with van der Waals surface area (Å²) >= 11 is 3.36. The highest BCUT2D eigenvalue weighted by atomic mass is 79.9. The molecule has 0 amide bonds. The Balaban J connectivity index is 2.30. The molecule has 0 saturated carbocycles. The molecule has 4 nitrogen and oxygen atoms in total. The molecule has 16 heavy (non-hydrogen) atoms. The van der Waals surface area contributed by atoms with Crippen LogP contribution in [0.4, 0.5) is 0 Å². The zero-order chi connectivity index (χ0) is 11.5. The van der Waals surface area contributed by atoms with Crippen LogP contribution in [0.25, 0.3) is 11.0 Å². The highest BCUT2D eigenvalue weighted by molar-refractivity contribution is 9.10. The van der Waals surface area contributed by atoms with Crippen LogP contribution in [0.1, 0.15) is 12.6 Å². The molecule has 1 aromatic carbocycles. The SMILES string of the molecule is CCOC(=O)Cc1noc2ccc(Br)cc12. The minimum atomic E-state index is -0.294. The predicted octanol–water partition coefficient (Wildman–Crippen LogP) is 2.70. The van der Waals surface area contributed by atoms with Gasteiger partial charge in [0.05, 0.1) is 13.0 Å². The first-order valence-corrected chi connectivity index (χ1v) is 5.69. The van der Waals surface area contributed by atoms with Gasteiger partial charge in [-0.05, 0) is 25.1 Å². The molecule has 0 N–H and O–H groups in total. The summed E-state index contributed by atoms with van der Waals surface area (Å²) in [6, 6.07) is 5.54. The van der Waals surface area contributed by atoms with Gasteiger partial charge in [0.25, 0.3) is 0 Å². The van der Waals surface area contributed by atoms with Gasteiger partial charge in [-0.3, -0.25) is 4.79 Å². The molecule has 0 fully saturated rings. The first-order valence-electron chi connectivity index (χ1n) is 4.90. The van der Waals surface area contributed by atoms with Crippen molar-refractivity contribution in [2.75, 3.05) is 6.61 Å². The van der Waals surface area contributed by atoms with Crippen molar-refractivity contribution in [2.45, 2.75) is 13.3 Å². The van der Waals surface area contributed by atoms with Crippen LogP contribution in [0.15, 0.2) is 27.2 Å². The van der Waals surface area contributed by atoms with Gasteiger partial charge in [-0.25, -0.2) is 0 Å². The normalized spacial score (nSPS) is 10.6. The third-order valence-electron chi connectivity index (χ3n) is 2.12. The molecule has 0 aliphatic heterocycles. The summed E-state index contributed by atoms with van der Waals surface area (Å²) < 4.78 is 10.9. The number of hydrogen-bond donors (Lipinski definition) is 0. The summed E-state index contributed by atoms with van der Waals surface area (Å²) in [5.74, 6) is -0.294. The maximum absolute atomic E-state index is 11.3. The topological polar surface area (TPSA) is 52.3 Å². The number of carbonyl (C=O) groups excluding carboxylic acids is 1. The first-order chi connectivity index (χ1) is 7.70. The molecule has 0 radical (unpaired) electrons. The molecule has 5 heteroatoms. The second-order valence-corrected chi connectivity index (χ2v) is 4.17. The molecule has 1 heterocycles. The van der Waals surface area contributed by atoms with Crippen LogP contribution in [0.5, 0.6) is 0 Å². The van der Waals surface area contributed by atoms with Gasteiger partial charge >= 0.3 is 5.97 Å². The number of carbonyl (C=O) groups is 1. The van der Waals surface area contributed by atoms with E-state index in [4.69, 9.17) is 9.26 Å². The fourth-order valence-corrected chi connectivity index (χ4v) is 1.80. The lowest BCUT2D eigenvalue weighted by Gasteiger charge is -1.98. The largest absolute Gasteiger partial charge is 0.466 e. The molecule has 2 rings (SSSR count). The number of rotatable bonds is 3. The molecular weight excluding hydrogens is 274 g/mol. The Morgan fingerprint density at radius 3 is 3.12 bits per heavy atom. The zero-order valence-corrected chi connectivity index (χ0v) is 10.3. The van der Waals surface area contributed by atoms with Gasteiger partial charge in [0, 0.05) is 9.86 Å². The zero-order valence-electron chi connectivity index (χ0n) is 8.70. The lowest BCUT2D eigenvalue weighted by Crippen LogP contribution is -2.07. The molecule has 1 aromatic heterocycles. The van der Waals surface area contributed by atoms with E-state index in [1.165, 1.54) is 0 Å². The number of hydrogen-bond acceptors (Lipinski definition) is 4. The number of nitrogens with zero attached hydrogens (tertiary/aromatic N) is 1. The average molecular weight is 284 g/mol. The summed E-state index contributed by atoms with van der Waals surface area (Å²) in [5.41, 5.74) is 1.28. The Bertz CT molecular complexity index is 521.